The Kier molecular flexibility index (Phi) is 2.89. The van der Waals surface area contributed by atoms with Gasteiger partial charge in [-0.1, -0.05) is 11.6 Å². The van der Waals surface area contributed by atoms with Gasteiger partial charge in [0.05, 0.1) is 17.4 Å². The summed E-state index contributed by atoms with van der Waals surface area (Å²) in [6.45, 7) is 0. The molecule has 1 heterocycles. The van der Waals surface area contributed by atoms with E-state index in [2.05, 4.69) is 10.4 Å². The number of aliphatic hydroxyl groups is 1. The van der Waals surface area contributed by atoms with Crippen LogP contribution in [0.15, 0.2) is 6.20 Å². The van der Waals surface area contributed by atoms with E-state index in [9.17, 15) is 9.90 Å². The molecule has 4 aliphatic carbocycles. The van der Waals surface area contributed by atoms with Gasteiger partial charge in [-0.2, -0.15) is 5.10 Å². The standard InChI is InChI=1S/C15H20ClN3O2/c1-19-13(16)11(7-17-19)14(20)18-12-9-2-8-3-10(12)6-15(21,4-8)5-9/h7-10,12,21H,2-6H2,1H3,(H,18,20)/t8?,9-,10+,12?,15?. The summed E-state index contributed by atoms with van der Waals surface area (Å²) in [6, 6.07) is 0.172. The van der Waals surface area contributed by atoms with Crippen LogP contribution in [0.5, 0.6) is 0 Å². The molecule has 0 saturated heterocycles. The zero-order valence-corrected chi connectivity index (χ0v) is 12.8. The summed E-state index contributed by atoms with van der Waals surface area (Å²) in [7, 11) is 1.72. The predicted molar refractivity (Wildman–Crippen MR) is 78.0 cm³/mol. The van der Waals surface area contributed by atoms with Crippen LogP contribution < -0.4 is 5.32 Å². The molecule has 5 atom stereocenters. The average molecular weight is 310 g/mol. The number of carbonyl (C=O) groups excluding carboxylic acids is 1. The topological polar surface area (TPSA) is 67.2 Å². The van der Waals surface area contributed by atoms with Crippen LogP contribution >= 0.6 is 11.6 Å². The number of aryl methyl sites for hydroxylation is 1. The Morgan fingerprint density at radius 3 is 2.62 bits per heavy atom. The Balaban J connectivity index is 1.53. The van der Waals surface area contributed by atoms with Gasteiger partial charge in [-0.05, 0) is 49.9 Å². The molecule has 0 aromatic carbocycles. The van der Waals surface area contributed by atoms with Gasteiger partial charge in [-0.15, -0.1) is 0 Å². The fourth-order valence-electron chi connectivity index (χ4n) is 5.02. The SMILES string of the molecule is Cn1ncc(C(=O)NC2[C@@H]3CC4C[C@H]2CC(O)(C4)C3)c1Cl. The third-order valence-corrected chi connectivity index (χ3v) is 6.10. The molecule has 5 nitrogen and oxygen atoms in total. The molecule has 21 heavy (non-hydrogen) atoms. The van der Waals surface area contributed by atoms with E-state index in [-0.39, 0.29) is 11.9 Å². The molecular formula is C15H20ClN3O2. The summed E-state index contributed by atoms with van der Waals surface area (Å²) in [5, 5.41) is 18.1. The minimum atomic E-state index is -0.469. The summed E-state index contributed by atoms with van der Waals surface area (Å²) in [6.07, 6.45) is 6.38. The van der Waals surface area contributed by atoms with Gasteiger partial charge in [0.2, 0.25) is 0 Å². The van der Waals surface area contributed by atoms with Crippen molar-refractivity contribution in [2.45, 2.75) is 43.7 Å². The predicted octanol–water partition coefficient (Wildman–Crippen LogP) is 1.74. The number of aromatic nitrogens is 2. The van der Waals surface area contributed by atoms with Crippen LogP contribution in [0.25, 0.3) is 0 Å². The Bertz CT molecular complexity index is 584. The Morgan fingerprint density at radius 1 is 1.43 bits per heavy atom. The second-order valence-corrected chi connectivity index (χ2v) is 7.52. The lowest BCUT2D eigenvalue weighted by Crippen LogP contribution is -2.61. The Morgan fingerprint density at radius 2 is 2.10 bits per heavy atom. The lowest BCUT2D eigenvalue weighted by Gasteiger charge is -2.58. The number of rotatable bonds is 2. The second kappa shape index (κ2) is 4.46. The summed E-state index contributed by atoms with van der Waals surface area (Å²) in [4.78, 5) is 12.4. The van der Waals surface area contributed by atoms with E-state index in [1.54, 1.807) is 7.05 Å². The molecule has 2 N–H and O–H groups in total. The first kappa shape index (κ1) is 13.6. The van der Waals surface area contributed by atoms with Crippen LogP contribution in [0.2, 0.25) is 5.15 Å². The van der Waals surface area contributed by atoms with Gasteiger partial charge in [0.1, 0.15) is 5.15 Å². The molecule has 3 unspecified atom stereocenters. The summed E-state index contributed by atoms with van der Waals surface area (Å²) >= 11 is 6.09. The summed E-state index contributed by atoms with van der Waals surface area (Å²) < 4.78 is 1.50. The number of nitrogens with one attached hydrogen (secondary N) is 1. The molecule has 0 radical (unpaired) electrons. The average Bonchev–Trinajstić information content (AvgIpc) is 2.72. The number of carbonyl (C=O) groups is 1. The molecule has 1 amide bonds. The van der Waals surface area contributed by atoms with Crippen LogP contribution in [0.3, 0.4) is 0 Å². The number of halogens is 1. The van der Waals surface area contributed by atoms with E-state index in [1.165, 1.54) is 10.9 Å². The number of hydrogen-bond donors (Lipinski definition) is 2. The molecule has 0 aliphatic heterocycles. The van der Waals surface area contributed by atoms with E-state index in [4.69, 9.17) is 11.6 Å². The third-order valence-electron chi connectivity index (χ3n) is 5.65. The van der Waals surface area contributed by atoms with Crippen molar-refractivity contribution in [2.75, 3.05) is 0 Å². The van der Waals surface area contributed by atoms with Crippen molar-refractivity contribution in [3.05, 3.63) is 16.9 Å². The van der Waals surface area contributed by atoms with Crippen LogP contribution in [0.1, 0.15) is 42.5 Å². The zero-order chi connectivity index (χ0) is 14.8. The molecule has 0 spiro atoms. The fraction of sp³-hybridized carbons (Fsp3) is 0.733. The Hall–Kier alpha value is -1.07. The van der Waals surface area contributed by atoms with Gasteiger partial charge in [0, 0.05) is 13.1 Å². The molecule has 4 bridgehead atoms. The monoisotopic (exact) mass is 309 g/mol. The van der Waals surface area contributed by atoms with Gasteiger partial charge in [0.15, 0.2) is 0 Å². The highest BCUT2D eigenvalue weighted by Gasteiger charge is 2.55. The van der Waals surface area contributed by atoms with Crippen LogP contribution in [-0.4, -0.2) is 32.4 Å². The van der Waals surface area contributed by atoms with Crippen molar-refractivity contribution in [3.63, 3.8) is 0 Å². The molecule has 4 saturated carbocycles. The molecule has 6 heteroatoms. The first-order valence-corrected chi connectivity index (χ1v) is 8.04. The van der Waals surface area contributed by atoms with Crippen molar-refractivity contribution in [2.24, 2.45) is 24.8 Å². The highest BCUT2D eigenvalue weighted by molar-refractivity contribution is 6.32. The Labute approximate surface area is 128 Å². The molecule has 1 aromatic heterocycles. The van der Waals surface area contributed by atoms with Crippen LogP contribution in [0.4, 0.5) is 0 Å². The van der Waals surface area contributed by atoms with Gasteiger partial charge in [-0.3, -0.25) is 9.48 Å². The highest BCUT2D eigenvalue weighted by Crippen LogP contribution is 2.55. The molecular weight excluding hydrogens is 290 g/mol. The van der Waals surface area contributed by atoms with Crippen molar-refractivity contribution < 1.29 is 9.90 Å². The molecule has 4 aliphatic rings. The number of nitrogens with zero attached hydrogens (tertiary/aromatic N) is 2. The quantitative estimate of drug-likeness (QED) is 0.874. The number of hydrogen-bond acceptors (Lipinski definition) is 3. The summed E-state index contributed by atoms with van der Waals surface area (Å²) in [5.74, 6) is 1.31. The van der Waals surface area contributed by atoms with Crippen molar-refractivity contribution in [3.8, 4) is 0 Å². The van der Waals surface area contributed by atoms with Crippen molar-refractivity contribution in [1.29, 1.82) is 0 Å². The van der Waals surface area contributed by atoms with Gasteiger partial charge < -0.3 is 10.4 Å². The largest absolute Gasteiger partial charge is 0.390 e. The van der Waals surface area contributed by atoms with Crippen LogP contribution in [0, 0.1) is 17.8 Å². The normalized spacial score (nSPS) is 40.5. The third kappa shape index (κ3) is 2.09. The lowest BCUT2D eigenvalue weighted by molar-refractivity contribution is -0.136. The zero-order valence-electron chi connectivity index (χ0n) is 12.1. The molecule has 1 aromatic rings. The van der Waals surface area contributed by atoms with Crippen molar-refractivity contribution >= 4 is 17.5 Å². The van der Waals surface area contributed by atoms with E-state index >= 15 is 0 Å². The fourth-order valence-corrected chi connectivity index (χ4v) is 5.20. The van der Waals surface area contributed by atoms with E-state index in [1.807, 2.05) is 0 Å². The molecule has 5 rings (SSSR count). The lowest BCUT2D eigenvalue weighted by atomic mass is 9.52. The molecule has 4 fully saturated rings. The van der Waals surface area contributed by atoms with Crippen LogP contribution in [-0.2, 0) is 7.05 Å². The minimum absolute atomic E-state index is 0.141. The smallest absolute Gasteiger partial charge is 0.256 e. The maximum Gasteiger partial charge on any atom is 0.256 e. The minimum Gasteiger partial charge on any atom is -0.390 e. The first-order valence-electron chi connectivity index (χ1n) is 7.66. The van der Waals surface area contributed by atoms with Gasteiger partial charge in [0.25, 0.3) is 5.91 Å². The van der Waals surface area contributed by atoms with E-state index in [0.29, 0.717) is 28.5 Å². The van der Waals surface area contributed by atoms with Crippen molar-refractivity contribution in [1.82, 2.24) is 15.1 Å². The van der Waals surface area contributed by atoms with Gasteiger partial charge in [-0.25, -0.2) is 0 Å². The maximum atomic E-state index is 12.4. The van der Waals surface area contributed by atoms with Gasteiger partial charge >= 0.3 is 0 Å². The highest BCUT2D eigenvalue weighted by atomic mass is 35.5. The van der Waals surface area contributed by atoms with E-state index < -0.39 is 5.60 Å². The van der Waals surface area contributed by atoms with E-state index in [0.717, 1.165) is 32.1 Å². The second-order valence-electron chi connectivity index (χ2n) is 7.17. The summed E-state index contributed by atoms with van der Waals surface area (Å²) in [5.41, 5.74) is -0.0318. The first-order chi connectivity index (χ1) is 9.95. The number of amides is 1. The molecule has 114 valence electrons. The maximum absolute atomic E-state index is 12.4.